The van der Waals surface area contributed by atoms with Crippen LogP contribution in [-0.2, 0) is 9.53 Å². The Morgan fingerprint density at radius 3 is 2.48 bits per heavy atom. The number of methoxy groups -OCH3 is 1. The summed E-state index contributed by atoms with van der Waals surface area (Å²) in [5.74, 6) is -1.05. The van der Waals surface area contributed by atoms with Crippen LogP contribution in [0.3, 0.4) is 0 Å². The Balaban J connectivity index is 1.99. The lowest BCUT2D eigenvalue weighted by atomic mass is 9.95. The van der Waals surface area contributed by atoms with Gasteiger partial charge in [0.05, 0.1) is 19.2 Å². The molecule has 0 unspecified atom stereocenters. The van der Waals surface area contributed by atoms with Crippen molar-refractivity contribution in [3.63, 3.8) is 0 Å². The molecule has 0 radical (unpaired) electrons. The van der Waals surface area contributed by atoms with E-state index in [4.69, 9.17) is 4.74 Å². The highest BCUT2D eigenvalue weighted by Crippen LogP contribution is 2.33. The molecule has 8 heteroatoms. The van der Waals surface area contributed by atoms with Crippen LogP contribution in [0.5, 0.6) is 0 Å². The van der Waals surface area contributed by atoms with E-state index in [1.165, 1.54) is 13.5 Å². The molecule has 0 bridgehead atoms. The van der Waals surface area contributed by atoms with E-state index in [1.54, 1.807) is 14.0 Å². The van der Waals surface area contributed by atoms with Crippen LogP contribution in [-0.4, -0.2) is 44.5 Å². The Bertz CT molecular complexity index is 651. The van der Waals surface area contributed by atoms with Crippen molar-refractivity contribution < 1.29 is 19.1 Å². The van der Waals surface area contributed by atoms with Crippen molar-refractivity contribution in [3.8, 4) is 0 Å². The molecular formula is C17H25N3O4S. The second-order valence-corrected chi connectivity index (χ2v) is 7.11. The van der Waals surface area contributed by atoms with Crippen molar-refractivity contribution in [2.75, 3.05) is 26.0 Å². The average Bonchev–Trinajstić information content (AvgIpc) is 2.96. The van der Waals surface area contributed by atoms with E-state index in [1.807, 2.05) is 0 Å². The van der Waals surface area contributed by atoms with Crippen LogP contribution >= 0.6 is 11.3 Å². The first kappa shape index (κ1) is 19.2. The molecule has 7 nitrogen and oxygen atoms in total. The summed E-state index contributed by atoms with van der Waals surface area (Å²) in [5, 5.41) is 9.09. The third-order valence-corrected chi connectivity index (χ3v) is 5.64. The molecule has 0 saturated heterocycles. The molecule has 1 aromatic rings. The SMILES string of the molecule is CNc1sc(C(=O)OC)c(C)c1C(=O)NCC(=O)NC1CCCCC1. The number of carbonyl (C=O) groups is 3. The minimum atomic E-state index is -0.479. The van der Waals surface area contributed by atoms with Gasteiger partial charge in [-0.05, 0) is 25.3 Å². The maximum atomic E-state index is 12.5. The van der Waals surface area contributed by atoms with Gasteiger partial charge in [-0.25, -0.2) is 4.79 Å². The number of anilines is 1. The quantitative estimate of drug-likeness (QED) is 0.669. The normalized spacial score (nSPS) is 14.7. The van der Waals surface area contributed by atoms with Crippen molar-refractivity contribution in [2.45, 2.75) is 45.1 Å². The number of esters is 1. The summed E-state index contributed by atoms with van der Waals surface area (Å²) < 4.78 is 4.74. The minimum Gasteiger partial charge on any atom is -0.465 e. The Morgan fingerprint density at radius 2 is 1.88 bits per heavy atom. The number of rotatable bonds is 6. The van der Waals surface area contributed by atoms with E-state index in [0.717, 1.165) is 37.0 Å². The van der Waals surface area contributed by atoms with Crippen LogP contribution in [0.1, 0.15) is 57.7 Å². The number of thiophene rings is 1. The van der Waals surface area contributed by atoms with Gasteiger partial charge in [-0.2, -0.15) is 0 Å². The number of ether oxygens (including phenoxy) is 1. The van der Waals surface area contributed by atoms with E-state index in [9.17, 15) is 14.4 Å². The van der Waals surface area contributed by atoms with Gasteiger partial charge in [0.1, 0.15) is 9.88 Å². The van der Waals surface area contributed by atoms with Gasteiger partial charge in [-0.3, -0.25) is 9.59 Å². The second-order valence-electron chi connectivity index (χ2n) is 6.09. The summed E-state index contributed by atoms with van der Waals surface area (Å²) >= 11 is 1.16. The van der Waals surface area contributed by atoms with Gasteiger partial charge in [0.25, 0.3) is 5.91 Å². The van der Waals surface area contributed by atoms with Crippen molar-refractivity contribution in [2.24, 2.45) is 0 Å². The Labute approximate surface area is 151 Å². The van der Waals surface area contributed by atoms with Gasteiger partial charge in [-0.1, -0.05) is 19.3 Å². The molecule has 25 heavy (non-hydrogen) atoms. The topological polar surface area (TPSA) is 96.5 Å². The first-order valence-electron chi connectivity index (χ1n) is 8.45. The number of hydrogen-bond donors (Lipinski definition) is 3. The Hall–Kier alpha value is -2.09. The summed E-state index contributed by atoms with van der Waals surface area (Å²) in [7, 11) is 2.98. The molecule has 0 aliphatic heterocycles. The Morgan fingerprint density at radius 1 is 1.20 bits per heavy atom. The molecule has 2 rings (SSSR count). The second kappa shape index (κ2) is 8.84. The zero-order chi connectivity index (χ0) is 18.4. The summed E-state index contributed by atoms with van der Waals surface area (Å²) in [6, 6.07) is 0.208. The van der Waals surface area contributed by atoms with Gasteiger partial charge in [0, 0.05) is 13.1 Å². The third-order valence-electron chi connectivity index (χ3n) is 4.35. The molecule has 1 fully saturated rings. The van der Waals surface area contributed by atoms with Gasteiger partial charge in [-0.15, -0.1) is 11.3 Å². The number of amides is 2. The molecule has 0 aromatic carbocycles. The van der Waals surface area contributed by atoms with Crippen molar-refractivity contribution in [1.29, 1.82) is 0 Å². The van der Waals surface area contributed by atoms with Crippen LogP contribution in [0.4, 0.5) is 5.00 Å². The molecule has 1 aliphatic rings. The average molecular weight is 367 g/mol. The maximum Gasteiger partial charge on any atom is 0.348 e. The maximum absolute atomic E-state index is 12.5. The Kier molecular flexibility index (Phi) is 6.81. The van der Waals surface area contributed by atoms with E-state index < -0.39 is 5.97 Å². The molecule has 1 aliphatic carbocycles. The van der Waals surface area contributed by atoms with Gasteiger partial charge in [0.15, 0.2) is 0 Å². The van der Waals surface area contributed by atoms with E-state index >= 15 is 0 Å². The van der Waals surface area contributed by atoms with Crippen molar-refractivity contribution in [1.82, 2.24) is 10.6 Å². The third kappa shape index (κ3) is 4.72. The van der Waals surface area contributed by atoms with Crippen LogP contribution in [0.2, 0.25) is 0 Å². The molecule has 0 spiro atoms. The molecule has 138 valence electrons. The molecular weight excluding hydrogens is 342 g/mol. The lowest BCUT2D eigenvalue weighted by Crippen LogP contribution is -2.42. The van der Waals surface area contributed by atoms with E-state index in [0.29, 0.717) is 21.0 Å². The van der Waals surface area contributed by atoms with Crippen molar-refractivity contribution >= 4 is 34.1 Å². The summed E-state index contributed by atoms with van der Waals surface area (Å²) in [4.78, 5) is 36.7. The fourth-order valence-electron chi connectivity index (χ4n) is 3.02. The smallest absolute Gasteiger partial charge is 0.348 e. The number of hydrogen-bond acceptors (Lipinski definition) is 6. The first-order chi connectivity index (χ1) is 12.0. The highest BCUT2D eigenvalue weighted by atomic mass is 32.1. The summed E-state index contributed by atoms with van der Waals surface area (Å²) in [5.41, 5.74) is 0.921. The van der Waals surface area contributed by atoms with Crippen molar-refractivity contribution in [3.05, 3.63) is 16.0 Å². The van der Waals surface area contributed by atoms with Gasteiger partial charge < -0.3 is 20.7 Å². The van der Waals surface area contributed by atoms with Crippen LogP contribution < -0.4 is 16.0 Å². The zero-order valence-corrected chi connectivity index (χ0v) is 15.7. The molecule has 0 atom stereocenters. The first-order valence-corrected chi connectivity index (χ1v) is 9.26. The fraction of sp³-hybridized carbons (Fsp3) is 0.588. The van der Waals surface area contributed by atoms with E-state index in [-0.39, 0.29) is 24.4 Å². The highest BCUT2D eigenvalue weighted by molar-refractivity contribution is 7.18. The molecule has 1 aromatic heterocycles. The monoisotopic (exact) mass is 367 g/mol. The molecule has 3 N–H and O–H groups in total. The van der Waals surface area contributed by atoms with Gasteiger partial charge >= 0.3 is 5.97 Å². The summed E-state index contributed by atoms with van der Waals surface area (Å²) in [6.07, 6.45) is 5.47. The number of carbonyl (C=O) groups excluding carboxylic acids is 3. The predicted molar refractivity (Wildman–Crippen MR) is 97.3 cm³/mol. The van der Waals surface area contributed by atoms with E-state index in [2.05, 4.69) is 16.0 Å². The zero-order valence-electron chi connectivity index (χ0n) is 14.9. The largest absolute Gasteiger partial charge is 0.465 e. The molecule has 1 saturated carbocycles. The van der Waals surface area contributed by atoms with Crippen LogP contribution in [0.25, 0.3) is 0 Å². The highest BCUT2D eigenvalue weighted by Gasteiger charge is 2.25. The summed E-state index contributed by atoms with van der Waals surface area (Å²) in [6.45, 7) is 1.61. The van der Waals surface area contributed by atoms with Gasteiger partial charge in [0.2, 0.25) is 5.91 Å². The fourth-order valence-corrected chi connectivity index (χ4v) is 4.10. The van der Waals surface area contributed by atoms with Crippen LogP contribution in [0.15, 0.2) is 0 Å². The van der Waals surface area contributed by atoms with Crippen LogP contribution in [0, 0.1) is 6.92 Å². The minimum absolute atomic E-state index is 0.0820. The lowest BCUT2D eigenvalue weighted by molar-refractivity contribution is -0.121. The molecule has 2 amide bonds. The standard InChI is InChI=1S/C17H25N3O4S/c1-10-13(16(18-2)25-14(10)17(23)24-3)15(22)19-9-12(21)20-11-7-5-4-6-8-11/h11,18H,4-9H2,1-3H3,(H,19,22)(H,20,21). The predicted octanol–water partition coefficient (Wildman–Crippen LogP) is 2.06. The number of nitrogens with one attached hydrogen (secondary N) is 3. The lowest BCUT2D eigenvalue weighted by Gasteiger charge is -2.22. The molecule has 1 heterocycles.